The highest BCUT2D eigenvalue weighted by atomic mass is 16.5. The normalized spacial score (nSPS) is 14.5. The predicted octanol–water partition coefficient (Wildman–Crippen LogP) is 1.70. The van der Waals surface area contributed by atoms with E-state index in [2.05, 4.69) is 5.32 Å². The van der Waals surface area contributed by atoms with Gasteiger partial charge in [-0.3, -0.25) is 4.79 Å². The molecule has 2 rings (SSSR count). The molecule has 0 unspecified atom stereocenters. The summed E-state index contributed by atoms with van der Waals surface area (Å²) >= 11 is 0. The molecule has 104 valence electrons. The van der Waals surface area contributed by atoms with Gasteiger partial charge in [-0.1, -0.05) is 0 Å². The Morgan fingerprint density at radius 1 is 1.42 bits per heavy atom. The van der Waals surface area contributed by atoms with E-state index in [1.807, 2.05) is 17.0 Å². The quantitative estimate of drug-likeness (QED) is 0.793. The number of rotatable bonds is 5. The number of likely N-dealkylation sites (tertiary alicyclic amines) is 1. The zero-order valence-electron chi connectivity index (χ0n) is 11.3. The van der Waals surface area contributed by atoms with Crippen molar-refractivity contribution in [3.63, 3.8) is 0 Å². The number of nitrogens with one attached hydrogen (secondary N) is 1. The van der Waals surface area contributed by atoms with Gasteiger partial charge in [0.15, 0.2) is 0 Å². The van der Waals surface area contributed by atoms with Gasteiger partial charge >= 0.3 is 0 Å². The molecule has 1 aromatic carbocycles. The van der Waals surface area contributed by atoms with Crippen molar-refractivity contribution in [3.05, 3.63) is 18.2 Å². The van der Waals surface area contributed by atoms with Crippen LogP contribution in [0.25, 0.3) is 0 Å². The maximum Gasteiger partial charge on any atom is 0.224 e. The number of anilines is 2. The van der Waals surface area contributed by atoms with E-state index in [1.54, 1.807) is 13.2 Å². The molecule has 0 aromatic heterocycles. The number of nitrogens with zero attached hydrogens (tertiary/aromatic N) is 1. The van der Waals surface area contributed by atoms with E-state index in [4.69, 9.17) is 10.5 Å². The average molecular weight is 263 g/mol. The maximum atomic E-state index is 11.9. The topological polar surface area (TPSA) is 67.6 Å². The standard InChI is InChI=1S/C14H21N3O2/c1-19-11-4-5-13(12(15)10-11)16-7-6-14(18)17-8-2-3-9-17/h4-5,10,16H,2-3,6-9,15H2,1H3. The van der Waals surface area contributed by atoms with Gasteiger partial charge in [0.1, 0.15) is 5.75 Å². The molecular weight excluding hydrogens is 242 g/mol. The van der Waals surface area contributed by atoms with Gasteiger partial charge in [0.2, 0.25) is 5.91 Å². The van der Waals surface area contributed by atoms with Gasteiger partial charge in [-0.15, -0.1) is 0 Å². The lowest BCUT2D eigenvalue weighted by Gasteiger charge is -2.16. The van der Waals surface area contributed by atoms with Crippen molar-refractivity contribution in [2.45, 2.75) is 19.3 Å². The fourth-order valence-electron chi connectivity index (χ4n) is 2.26. The van der Waals surface area contributed by atoms with Crippen LogP contribution < -0.4 is 15.8 Å². The average Bonchev–Trinajstić information content (AvgIpc) is 2.94. The second-order valence-electron chi connectivity index (χ2n) is 4.72. The lowest BCUT2D eigenvalue weighted by atomic mass is 10.2. The summed E-state index contributed by atoms with van der Waals surface area (Å²) in [5.74, 6) is 0.952. The van der Waals surface area contributed by atoms with E-state index in [0.29, 0.717) is 18.7 Å². The van der Waals surface area contributed by atoms with E-state index >= 15 is 0 Å². The molecule has 1 saturated heterocycles. The fourth-order valence-corrected chi connectivity index (χ4v) is 2.26. The van der Waals surface area contributed by atoms with Gasteiger partial charge in [0.05, 0.1) is 18.5 Å². The molecule has 1 fully saturated rings. The van der Waals surface area contributed by atoms with Gasteiger partial charge in [-0.25, -0.2) is 0 Å². The Bertz CT molecular complexity index is 442. The number of hydrogen-bond acceptors (Lipinski definition) is 4. The highest BCUT2D eigenvalue weighted by Gasteiger charge is 2.17. The summed E-state index contributed by atoms with van der Waals surface area (Å²) in [6, 6.07) is 5.49. The molecule has 3 N–H and O–H groups in total. The summed E-state index contributed by atoms with van der Waals surface area (Å²) in [6.07, 6.45) is 2.76. The number of hydrogen-bond donors (Lipinski definition) is 2. The molecule has 1 amide bonds. The number of amides is 1. The van der Waals surface area contributed by atoms with Crippen LogP contribution in [0.3, 0.4) is 0 Å². The van der Waals surface area contributed by atoms with Crippen LogP contribution in [0.15, 0.2) is 18.2 Å². The van der Waals surface area contributed by atoms with E-state index < -0.39 is 0 Å². The molecule has 0 aliphatic carbocycles. The van der Waals surface area contributed by atoms with Crippen LogP contribution in [-0.4, -0.2) is 37.6 Å². The van der Waals surface area contributed by atoms with Crippen molar-refractivity contribution in [2.75, 3.05) is 37.8 Å². The number of benzene rings is 1. The molecule has 1 aliphatic heterocycles. The first-order valence-electron chi connectivity index (χ1n) is 6.66. The summed E-state index contributed by atoms with van der Waals surface area (Å²) < 4.78 is 5.09. The van der Waals surface area contributed by atoms with E-state index in [1.165, 1.54) is 0 Å². The second-order valence-corrected chi connectivity index (χ2v) is 4.72. The molecular formula is C14H21N3O2. The molecule has 0 atom stereocenters. The molecule has 0 radical (unpaired) electrons. The first-order valence-corrected chi connectivity index (χ1v) is 6.66. The molecule has 1 aliphatic rings. The third-order valence-corrected chi connectivity index (χ3v) is 3.37. The summed E-state index contributed by atoms with van der Waals surface area (Å²) in [7, 11) is 1.61. The molecule has 1 aromatic rings. The van der Waals surface area contributed by atoms with Crippen molar-refractivity contribution in [1.29, 1.82) is 0 Å². The third-order valence-electron chi connectivity index (χ3n) is 3.37. The van der Waals surface area contributed by atoms with E-state index in [0.717, 1.165) is 37.4 Å². The van der Waals surface area contributed by atoms with Crippen LogP contribution in [-0.2, 0) is 4.79 Å². The zero-order valence-corrected chi connectivity index (χ0v) is 11.3. The van der Waals surface area contributed by atoms with Gasteiger partial charge in [0.25, 0.3) is 0 Å². The minimum absolute atomic E-state index is 0.220. The van der Waals surface area contributed by atoms with Crippen molar-refractivity contribution in [2.24, 2.45) is 0 Å². The molecule has 0 saturated carbocycles. The summed E-state index contributed by atoms with van der Waals surface area (Å²) in [6.45, 7) is 2.42. The monoisotopic (exact) mass is 263 g/mol. The van der Waals surface area contributed by atoms with Crippen LogP contribution in [0.4, 0.5) is 11.4 Å². The first kappa shape index (κ1) is 13.5. The van der Waals surface area contributed by atoms with Crippen LogP contribution in [0.2, 0.25) is 0 Å². The smallest absolute Gasteiger partial charge is 0.224 e. The number of carbonyl (C=O) groups excluding carboxylic acids is 1. The number of methoxy groups -OCH3 is 1. The van der Waals surface area contributed by atoms with Crippen molar-refractivity contribution in [1.82, 2.24) is 4.90 Å². The Kier molecular flexibility index (Phi) is 4.49. The zero-order chi connectivity index (χ0) is 13.7. The van der Waals surface area contributed by atoms with Crippen molar-refractivity contribution < 1.29 is 9.53 Å². The van der Waals surface area contributed by atoms with Gasteiger partial charge in [0, 0.05) is 32.1 Å². The van der Waals surface area contributed by atoms with Crippen LogP contribution >= 0.6 is 0 Å². The highest BCUT2D eigenvalue weighted by Crippen LogP contribution is 2.23. The van der Waals surface area contributed by atoms with Gasteiger partial charge < -0.3 is 20.7 Å². The summed E-state index contributed by atoms with van der Waals surface area (Å²) in [4.78, 5) is 13.8. The summed E-state index contributed by atoms with van der Waals surface area (Å²) in [5.41, 5.74) is 7.37. The predicted molar refractivity (Wildman–Crippen MR) is 76.3 cm³/mol. The van der Waals surface area contributed by atoms with Crippen LogP contribution in [0, 0.1) is 0 Å². The molecule has 0 spiro atoms. The molecule has 19 heavy (non-hydrogen) atoms. The Morgan fingerprint density at radius 3 is 2.79 bits per heavy atom. The summed E-state index contributed by atoms with van der Waals surface area (Å²) in [5, 5.41) is 3.19. The molecule has 5 nitrogen and oxygen atoms in total. The van der Waals surface area contributed by atoms with Crippen LogP contribution in [0.1, 0.15) is 19.3 Å². The number of nitrogen functional groups attached to an aromatic ring is 1. The number of carbonyl (C=O) groups is 1. The Labute approximate surface area is 113 Å². The highest BCUT2D eigenvalue weighted by molar-refractivity contribution is 5.77. The Hall–Kier alpha value is -1.91. The lowest BCUT2D eigenvalue weighted by molar-refractivity contribution is -0.129. The maximum absolute atomic E-state index is 11.9. The largest absolute Gasteiger partial charge is 0.497 e. The second kappa shape index (κ2) is 6.31. The molecule has 0 bridgehead atoms. The Balaban J connectivity index is 1.80. The first-order chi connectivity index (χ1) is 9.20. The lowest BCUT2D eigenvalue weighted by Crippen LogP contribution is -2.29. The minimum Gasteiger partial charge on any atom is -0.497 e. The number of nitrogens with two attached hydrogens (primary N) is 1. The third kappa shape index (κ3) is 3.53. The SMILES string of the molecule is COc1ccc(NCCC(=O)N2CCCC2)c(N)c1. The van der Waals surface area contributed by atoms with Crippen molar-refractivity contribution in [3.8, 4) is 5.75 Å². The molecule has 1 heterocycles. The molecule has 5 heteroatoms. The van der Waals surface area contributed by atoms with E-state index in [-0.39, 0.29) is 5.91 Å². The Morgan fingerprint density at radius 2 is 2.16 bits per heavy atom. The fraction of sp³-hybridized carbons (Fsp3) is 0.500. The van der Waals surface area contributed by atoms with E-state index in [9.17, 15) is 4.79 Å². The van der Waals surface area contributed by atoms with Gasteiger partial charge in [-0.05, 0) is 25.0 Å². The van der Waals surface area contributed by atoms with Crippen LogP contribution in [0.5, 0.6) is 5.75 Å². The minimum atomic E-state index is 0.220. The van der Waals surface area contributed by atoms with Crippen molar-refractivity contribution >= 4 is 17.3 Å². The van der Waals surface area contributed by atoms with Gasteiger partial charge in [-0.2, -0.15) is 0 Å². The number of ether oxygens (including phenoxy) is 1.